The second kappa shape index (κ2) is 7.00. The Kier molecular flexibility index (Phi) is 5.31. The first kappa shape index (κ1) is 15.9. The van der Waals surface area contributed by atoms with Gasteiger partial charge >= 0.3 is 0 Å². The molecule has 21 heavy (non-hydrogen) atoms. The number of rotatable bonds is 4. The molecule has 0 aliphatic carbocycles. The SMILES string of the molecule is CN1CCCC1CNS(=O)(=O)c1cncc(C#CCO)c1. The third-order valence-electron chi connectivity index (χ3n) is 3.52. The van der Waals surface area contributed by atoms with E-state index in [1.54, 1.807) is 0 Å². The van der Waals surface area contributed by atoms with Gasteiger partial charge in [0.1, 0.15) is 11.5 Å². The molecule has 6 nitrogen and oxygen atoms in total. The van der Waals surface area contributed by atoms with Crippen LogP contribution in [-0.2, 0) is 10.0 Å². The van der Waals surface area contributed by atoms with Crippen LogP contribution in [0.4, 0.5) is 0 Å². The Bertz CT molecular complexity index is 649. The van der Waals surface area contributed by atoms with Crippen LogP contribution in [0.1, 0.15) is 18.4 Å². The van der Waals surface area contributed by atoms with Crippen molar-refractivity contribution in [3.63, 3.8) is 0 Å². The Balaban J connectivity index is 2.08. The minimum Gasteiger partial charge on any atom is -0.384 e. The lowest BCUT2D eigenvalue weighted by atomic mass is 10.2. The molecule has 1 unspecified atom stereocenters. The van der Waals surface area contributed by atoms with Gasteiger partial charge in [0.25, 0.3) is 0 Å². The van der Waals surface area contributed by atoms with Gasteiger partial charge in [-0.05, 0) is 32.5 Å². The molecule has 1 aliphatic heterocycles. The van der Waals surface area contributed by atoms with Crippen molar-refractivity contribution in [2.45, 2.75) is 23.8 Å². The summed E-state index contributed by atoms with van der Waals surface area (Å²) in [6.07, 6.45) is 4.85. The number of aromatic nitrogens is 1. The molecule has 2 heterocycles. The molecule has 0 saturated carbocycles. The predicted octanol–water partition coefficient (Wildman–Crippen LogP) is -0.202. The predicted molar refractivity (Wildman–Crippen MR) is 79.0 cm³/mol. The zero-order valence-corrected chi connectivity index (χ0v) is 12.7. The second-order valence-electron chi connectivity index (χ2n) is 5.00. The molecule has 0 amide bonds. The highest BCUT2D eigenvalue weighted by atomic mass is 32.2. The minimum absolute atomic E-state index is 0.0906. The average molecular weight is 309 g/mol. The number of hydrogen-bond donors (Lipinski definition) is 2. The van der Waals surface area contributed by atoms with Crippen LogP contribution in [-0.4, -0.2) is 56.2 Å². The highest BCUT2D eigenvalue weighted by Crippen LogP contribution is 2.15. The maximum absolute atomic E-state index is 12.3. The van der Waals surface area contributed by atoms with Gasteiger partial charge in [-0.2, -0.15) is 0 Å². The summed E-state index contributed by atoms with van der Waals surface area (Å²) in [6.45, 7) is 1.12. The highest BCUT2D eigenvalue weighted by molar-refractivity contribution is 7.89. The van der Waals surface area contributed by atoms with Gasteiger partial charge in [-0.15, -0.1) is 0 Å². The molecule has 1 saturated heterocycles. The number of sulfonamides is 1. The Morgan fingerprint density at radius 2 is 2.33 bits per heavy atom. The molecule has 0 aromatic carbocycles. The van der Waals surface area contributed by atoms with Gasteiger partial charge in [-0.3, -0.25) is 4.98 Å². The van der Waals surface area contributed by atoms with Crippen LogP contribution in [0.2, 0.25) is 0 Å². The van der Waals surface area contributed by atoms with Crippen LogP contribution in [0.25, 0.3) is 0 Å². The quantitative estimate of drug-likeness (QED) is 0.753. The highest BCUT2D eigenvalue weighted by Gasteiger charge is 2.23. The molecule has 1 aromatic heterocycles. The minimum atomic E-state index is -3.59. The van der Waals surface area contributed by atoms with Crippen LogP contribution in [0.5, 0.6) is 0 Å². The third kappa shape index (κ3) is 4.25. The maximum atomic E-state index is 12.3. The zero-order chi connectivity index (χ0) is 15.3. The van der Waals surface area contributed by atoms with Crippen molar-refractivity contribution in [2.24, 2.45) is 0 Å². The molecule has 0 radical (unpaired) electrons. The number of pyridine rings is 1. The Morgan fingerprint density at radius 3 is 3.00 bits per heavy atom. The molecular weight excluding hydrogens is 290 g/mol. The van der Waals surface area contributed by atoms with Crippen LogP contribution >= 0.6 is 0 Å². The molecular formula is C14H19N3O3S. The van der Waals surface area contributed by atoms with Crippen molar-refractivity contribution in [3.8, 4) is 11.8 Å². The van der Waals surface area contributed by atoms with E-state index >= 15 is 0 Å². The van der Waals surface area contributed by atoms with Crippen molar-refractivity contribution in [2.75, 3.05) is 26.7 Å². The fraction of sp³-hybridized carbons (Fsp3) is 0.500. The lowest BCUT2D eigenvalue weighted by Gasteiger charge is -2.19. The zero-order valence-electron chi connectivity index (χ0n) is 11.9. The van der Waals surface area contributed by atoms with Crippen molar-refractivity contribution in [3.05, 3.63) is 24.0 Å². The first-order chi connectivity index (χ1) is 10.0. The van der Waals surface area contributed by atoms with E-state index in [0.717, 1.165) is 19.4 Å². The van der Waals surface area contributed by atoms with Crippen molar-refractivity contribution >= 4 is 10.0 Å². The largest absolute Gasteiger partial charge is 0.384 e. The van der Waals surface area contributed by atoms with E-state index in [1.807, 2.05) is 7.05 Å². The van der Waals surface area contributed by atoms with Crippen LogP contribution in [0.3, 0.4) is 0 Å². The molecule has 1 aliphatic rings. The number of nitrogens with one attached hydrogen (secondary N) is 1. The Labute approximate surface area is 125 Å². The summed E-state index contributed by atoms with van der Waals surface area (Å²) in [5, 5.41) is 8.66. The van der Waals surface area contributed by atoms with E-state index in [4.69, 9.17) is 5.11 Å². The monoisotopic (exact) mass is 309 g/mol. The van der Waals surface area contributed by atoms with Gasteiger partial charge in [-0.1, -0.05) is 11.8 Å². The van der Waals surface area contributed by atoms with Gasteiger partial charge in [0.15, 0.2) is 0 Å². The summed E-state index contributed by atoms with van der Waals surface area (Å²) < 4.78 is 27.1. The van der Waals surface area contributed by atoms with Gasteiger partial charge in [0.2, 0.25) is 10.0 Å². The topological polar surface area (TPSA) is 82.5 Å². The number of likely N-dealkylation sites (tertiary alicyclic amines) is 1. The summed E-state index contributed by atoms with van der Waals surface area (Å²) in [6, 6.07) is 1.70. The molecule has 0 bridgehead atoms. The fourth-order valence-electron chi connectivity index (χ4n) is 2.30. The first-order valence-electron chi connectivity index (χ1n) is 6.77. The maximum Gasteiger partial charge on any atom is 0.242 e. The number of nitrogens with zero attached hydrogens (tertiary/aromatic N) is 2. The summed E-state index contributed by atoms with van der Waals surface area (Å²) in [7, 11) is -1.59. The van der Waals surface area contributed by atoms with E-state index in [1.165, 1.54) is 18.5 Å². The van der Waals surface area contributed by atoms with Crippen molar-refractivity contribution < 1.29 is 13.5 Å². The van der Waals surface area contributed by atoms with Crippen LogP contribution in [0, 0.1) is 11.8 Å². The molecule has 114 valence electrons. The Morgan fingerprint density at radius 1 is 1.52 bits per heavy atom. The first-order valence-corrected chi connectivity index (χ1v) is 8.26. The number of aliphatic hydroxyl groups excluding tert-OH is 1. The number of hydrogen-bond acceptors (Lipinski definition) is 5. The fourth-order valence-corrected chi connectivity index (χ4v) is 3.36. The van der Waals surface area contributed by atoms with E-state index in [0.29, 0.717) is 12.1 Å². The number of likely N-dealkylation sites (N-methyl/N-ethyl adjacent to an activating group) is 1. The molecule has 2 N–H and O–H groups in total. The van der Waals surface area contributed by atoms with E-state index < -0.39 is 10.0 Å². The van der Waals surface area contributed by atoms with Crippen molar-refractivity contribution in [1.29, 1.82) is 0 Å². The smallest absolute Gasteiger partial charge is 0.242 e. The summed E-state index contributed by atoms with van der Waals surface area (Å²) in [4.78, 5) is 6.13. The van der Waals surface area contributed by atoms with E-state index in [2.05, 4.69) is 26.4 Å². The summed E-state index contributed by atoms with van der Waals surface area (Å²) >= 11 is 0. The third-order valence-corrected chi connectivity index (χ3v) is 4.91. The molecule has 1 atom stereocenters. The molecule has 1 fully saturated rings. The number of aliphatic hydroxyl groups is 1. The summed E-state index contributed by atoms with van der Waals surface area (Å²) in [5.41, 5.74) is 0.463. The van der Waals surface area contributed by atoms with Gasteiger partial charge in [0.05, 0.1) is 0 Å². The molecule has 7 heteroatoms. The normalized spacial score (nSPS) is 19.2. The van der Waals surface area contributed by atoms with Gasteiger partial charge in [0, 0.05) is 30.5 Å². The Hall–Kier alpha value is -1.46. The summed E-state index contributed by atoms with van der Waals surface area (Å²) in [5.74, 6) is 5.12. The second-order valence-corrected chi connectivity index (χ2v) is 6.76. The van der Waals surface area contributed by atoms with E-state index in [9.17, 15) is 8.42 Å². The lowest BCUT2D eigenvalue weighted by molar-refractivity contribution is 0.311. The van der Waals surface area contributed by atoms with Crippen molar-refractivity contribution in [1.82, 2.24) is 14.6 Å². The average Bonchev–Trinajstić information content (AvgIpc) is 2.89. The van der Waals surface area contributed by atoms with Crippen LogP contribution in [0.15, 0.2) is 23.4 Å². The molecule has 1 aromatic rings. The van der Waals surface area contributed by atoms with E-state index in [-0.39, 0.29) is 17.5 Å². The van der Waals surface area contributed by atoms with Gasteiger partial charge in [-0.25, -0.2) is 13.1 Å². The lowest BCUT2D eigenvalue weighted by Crippen LogP contribution is -2.38. The van der Waals surface area contributed by atoms with Gasteiger partial charge < -0.3 is 10.0 Å². The standard InChI is InChI=1S/C14H19N3O3S/c1-17-6-2-5-13(17)10-16-21(19,20)14-8-12(4-3-7-18)9-15-11-14/h8-9,11,13,16,18H,2,5-7,10H2,1H3. The molecule has 2 rings (SSSR count). The molecule has 0 spiro atoms. The van der Waals surface area contributed by atoms with Crippen LogP contribution < -0.4 is 4.72 Å².